The van der Waals surface area contributed by atoms with Gasteiger partial charge in [0, 0.05) is 34.3 Å². The molecule has 0 fully saturated rings. The second kappa shape index (κ2) is 7.25. The van der Waals surface area contributed by atoms with Gasteiger partial charge in [0.25, 0.3) is 0 Å². The number of fused-ring (bicyclic) bond motifs is 1. The molecule has 2 amide bonds. The normalized spacial score (nSPS) is 12.1. The number of aromatic nitrogens is 3. The number of carbonyl (C=O) groups excluding carboxylic acids is 2. The molecule has 1 aliphatic rings. The molecular formula is C17H21N5O6. The molecule has 1 aromatic carbocycles. The van der Waals surface area contributed by atoms with Crippen molar-refractivity contribution in [2.75, 3.05) is 35.0 Å². The van der Waals surface area contributed by atoms with Crippen LogP contribution in [0.15, 0.2) is 27.8 Å². The van der Waals surface area contributed by atoms with E-state index in [0.29, 0.717) is 11.5 Å². The molecule has 150 valence electrons. The van der Waals surface area contributed by atoms with E-state index in [1.807, 2.05) is 0 Å². The molecule has 0 N–H and O–H groups in total. The molecule has 11 nitrogen and oxygen atoms in total. The van der Waals surface area contributed by atoms with E-state index < -0.39 is 23.2 Å². The lowest BCUT2D eigenvalue weighted by Gasteiger charge is -2.14. The molecule has 0 radical (unpaired) electrons. The zero-order valence-corrected chi connectivity index (χ0v) is 16.0. The topological polar surface area (TPSA) is 108 Å². The monoisotopic (exact) mass is 391 g/mol. The molecule has 0 spiro atoms. The lowest BCUT2D eigenvalue weighted by molar-refractivity contribution is -0.132. The van der Waals surface area contributed by atoms with Crippen molar-refractivity contribution in [1.82, 2.24) is 23.7 Å². The molecule has 0 saturated carbocycles. The molecule has 0 bridgehead atoms. The number of ether oxygens (including phenoxy) is 2. The van der Waals surface area contributed by atoms with Gasteiger partial charge in [-0.1, -0.05) is 0 Å². The quantitative estimate of drug-likeness (QED) is 0.627. The van der Waals surface area contributed by atoms with Crippen LogP contribution in [0.25, 0.3) is 5.69 Å². The van der Waals surface area contributed by atoms with Gasteiger partial charge >= 0.3 is 11.4 Å². The summed E-state index contributed by atoms with van der Waals surface area (Å²) in [6.07, 6.45) is 0. The van der Waals surface area contributed by atoms with Gasteiger partial charge in [-0.25, -0.2) is 23.5 Å². The maximum absolute atomic E-state index is 13.0. The van der Waals surface area contributed by atoms with Gasteiger partial charge in [-0.3, -0.25) is 9.59 Å². The average molecular weight is 391 g/mol. The smallest absolute Gasteiger partial charge is 0.352 e. The number of likely N-dealkylation sites (N-methyl/N-ethyl adjacent to an activating group) is 2. The Bertz CT molecular complexity index is 992. The van der Waals surface area contributed by atoms with Crippen LogP contribution in [0.1, 0.15) is 0 Å². The zero-order chi connectivity index (χ0) is 20.6. The van der Waals surface area contributed by atoms with Crippen LogP contribution in [0.5, 0.6) is 11.5 Å². The van der Waals surface area contributed by atoms with Crippen LogP contribution in [0.3, 0.4) is 0 Å². The second-order valence-corrected chi connectivity index (χ2v) is 6.63. The third kappa shape index (κ3) is 3.38. The lowest BCUT2D eigenvalue weighted by atomic mass is 10.3. The van der Waals surface area contributed by atoms with Gasteiger partial charge in [0.2, 0.25) is 18.6 Å². The molecule has 1 aromatic heterocycles. The number of benzene rings is 1. The molecule has 2 heterocycles. The van der Waals surface area contributed by atoms with E-state index in [9.17, 15) is 19.2 Å². The van der Waals surface area contributed by atoms with Crippen molar-refractivity contribution >= 4 is 11.8 Å². The minimum Gasteiger partial charge on any atom is -0.454 e. The van der Waals surface area contributed by atoms with Crippen LogP contribution in [0, 0.1) is 0 Å². The van der Waals surface area contributed by atoms with Gasteiger partial charge in [0.15, 0.2) is 11.5 Å². The Balaban J connectivity index is 2.14. The highest BCUT2D eigenvalue weighted by Gasteiger charge is 2.23. The van der Waals surface area contributed by atoms with Gasteiger partial charge in [0.1, 0.15) is 13.1 Å². The van der Waals surface area contributed by atoms with Crippen molar-refractivity contribution in [3.8, 4) is 17.2 Å². The number of carbonyl (C=O) groups is 2. The highest BCUT2D eigenvalue weighted by Crippen LogP contribution is 2.33. The van der Waals surface area contributed by atoms with Crippen LogP contribution in [-0.2, 0) is 22.7 Å². The third-order valence-corrected chi connectivity index (χ3v) is 4.30. The predicted molar refractivity (Wildman–Crippen MR) is 97.8 cm³/mol. The standard InChI is InChI=1S/C17H21N5O6/c1-18(2)14(23)8-20-16(25)22(17(26)21(20)9-15(24)19(3)4)11-5-6-12-13(7-11)28-10-27-12/h5-7H,8-10H2,1-4H3. The van der Waals surface area contributed by atoms with E-state index in [0.717, 1.165) is 13.9 Å². The van der Waals surface area contributed by atoms with Gasteiger partial charge < -0.3 is 19.3 Å². The van der Waals surface area contributed by atoms with Crippen molar-refractivity contribution < 1.29 is 19.1 Å². The molecule has 2 aromatic rings. The van der Waals surface area contributed by atoms with Crippen molar-refractivity contribution in [2.24, 2.45) is 0 Å². The number of rotatable bonds is 5. The number of amides is 2. The Morgan fingerprint density at radius 1 is 0.893 bits per heavy atom. The summed E-state index contributed by atoms with van der Waals surface area (Å²) in [5, 5.41) is 0. The van der Waals surface area contributed by atoms with E-state index in [-0.39, 0.29) is 25.6 Å². The van der Waals surface area contributed by atoms with Gasteiger partial charge in [-0.05, 0) is 12.1 Å². The molecule has 0 atom stereocenters. The number of hydrogen-bond donors (Lipinski definition) is 0. The first-order chi connectivity index (χ1) is 13.2. The average Bonchev–Trinajstić information content (AvgIpc) is 3.19. The molecule has 28 heavy (non-hydrogen) atoms. The molecular weight excluding hydrogens is 370 g/mol. The van der Waals surface area contributed by atoms with Gasteiger partial charge in [0.05, 0.1) is 5.69 Å². The maximum Gasteiger partial charge on any atom is 0.352 e. The Morgan fingerprint density at radius 3 is 1.89 bits per heavy atom. The number of nitrogens with zero attached hydrogens (tertiary/aromatic N) is 5. The summed E-state index contributed by atoms with van der Waals surface area (Å²) in [6.45, 7) is -0.702. The first-order valence-corrected chi connectivity index (χ1v) is 8.43. The summed E-state index contributed by atoms with van der Waals surface area (Å²) in [5.74, 6) is 0.117. The minimum atomic E-state index is -0.731. The Hall–Kier alpha value is -3.50. The molecule has 11 heteroatoms. The van der Waals surface area contributed by atoms with E-state index in [1.165, 1.54) is 50.1 Å². The highest BCUT2D eigenvalue weighted by molar-refractivity contribution is 5.76. The van der Waals surface area contributed by atoms with Crippen LogP contribution in [0.2, 0.25) is 0 Å². The summed E-state index contributed by atoms with van der Waals surface area (Å²) in [5.41, 5.74) is -1.21. The van der Waals surface area contributed by atoms with E-state index in [1.54, 1.807) is 6.07 Å². The Kier molecular flexibility index (Phi) is 4.99. The Labute approximate surface area is 159 Å². The summed E-state index contributed by atoms with van der Waals surface area (Å²) in [4.78, 5) is 52.8. The second-order valence-electron chi connectivity index (χ2n) is 6.63. The number of hydrogen-bond acceptors (Lipinski definition) is 6. The molecule has 3 rings (SSSR count). The summed E-state index contributed by atoms with van der Waals surface area (Å²) in [6, 6.07) is 4.62. The summed E-state index contributed by atoms with van der Waals surface area (Å²) >= 11 is 0. The first-order valence-electron chi connectivity index (χ1n) is 8.43. The highest BCUT2D eigenvalue weighted by atomic mass is 16.7. The van der Waals surface area contributed by atoms with Crippen molar-refractivity contribution in [3.05, 3.63) is 39.2 Å². The van der Waals surface area contributed by atoms with Crippen molar-refractivity contribution in [2.45, 2.75) is 13.1 Å². The van der Waals surface area contributed by atoms with E-state index in [4.69, 9.17) is 9.47 Å². The third-order valence-electron chi connectivity index (χ3n) is 4.30. The van der Waals surface area contributed by atoms with Crippen LogP contribution in [-0.4, -0.2) is 70.5 Å². The SMILES string of the molecule is CN(C)C(=O)Cn1c(=O)n(-c2ccc3c(c2)OCO3)c(=O)n1CC(=O)N(C)C. The van der Waals surface area contributed by atoms with E-state index in [2.05, 4.69) is 0 Å². The Morgan fingerprint density at radius 2 is 1.39 bits per heavy atom. The molecule has 0 unspecified atom stereocenters. The largest absolute Gasteiger partial charge is 0.454 e. The van der Waals surface area contributed by atoms with Crippen LogP contribution >= 0.6 is 0 Å². The fourth-order valence-electron chi connectivity index (χ4n) is 2.61. The molecule has 1 aliphatic heterocycles. The molecule has 0 saturated heterocycles. The van der Waals surface area contributed by atoms with E-state index >= 15 is 0 Å². The van der Waals surface area contributed by atoms with Crippen LogP contribution < -0.4 is 20.9 Å². The summed E-state index contributed by atoms with van der Waals surface area (Å²) < 4.78 is 13.4. The molecule has 0 aliphatic carbocycles. The fraction of sp³-hybridized carbons (Fsp3) is 0.412. The van der Waals surface area contributed by atoms with Gasteiger partial charge in [-0.2, -0.15) is 0 Å². The lowest BCUT2D eigenvalue weighted by Crippen LogP contribution is -2.38. The predicted octanol–water partition coefficient (Wildman–Crippen LogP) is -1.29. The van der Waals surface area contributed by atoms with Gasteiger partial charge in [-0.15, -0.1) is 0 Å². The van der Waals surface area contributed by atoms with Crippen molar-refractivity contribution in [1.29, 1.82) is 0 Å². The first kappa shape index (κ1) is 19.3. The minimum absolute atomic E-state index is 0.0492. The maximum atomic E-state index is 13.0. The van der Waals surface area contributed by atoms with Crippen LogP contribution in [0.4, 0.5) is 0 Å². The fourth-order valence-corrected chi connectivity index (χ4v) is 2.61. The summed E-state index contributed by atoms with van der Waals surface area (Å²) in [7, 11) is 6.15. The zero-order valence-electron chi connectivity index (χ0n) is 16.0. The van der Waals surface area contributed by atoms with Crippen molar-refractivity contribution in [3.63, 3.8) is 0 Å².